The fourth-order valence-corrected chi connectivity index (χ4v) is 5.32. The number of fused-ring (bicyclic) bond motifs is 1. The lowest BCUT2D eigenvalue weighted by molar-refractivity contribution is -0.122. The van der Waals surface area contributed by atoms with Gasteiger partial charge in [-0.05, 0) is 24.1 Å². The number of amides is 1. The standard InChI is InChI=1S/C27H30N6OS/c1-2-3-12-29-23(34)18-32-14-16-33(17-15-32)26-24-21(20-9-5-4-6-10-20)19-35-27(24)31-25(30-26)22-11-7-8-13-28-22/h4-11,13,19H,2-3,12,14-18H2,1H3,(H,29,34). The Balaban J connectivity index is 1.43. The number of pyridine rings is 1. The van der Waals surface area contributed by atoms with Crippen LogP contribution in [-0.2, 0) is 4.79 Å². The number of nitrogens with zero attached hydrogens (tertiary/aromatic N) is 5. The Kier molecular flexibility index (Phi) is 7.30. The van der Waals surface area contributed by atoms with Crippen molar-refractivity contribution in [1.82, 2.24) is 25.2 Å². The van der Waals surface area contributed by atoms with Crippen molar-refractivity contribution in [3.05, 3.63) is 60.1 Å². The molecule has 1 saturated heterocycles. The van der Waals surface area contributed by atoms with Crippen LogP contribution in [0, 0.1) is 0 Å². The van der Waals surface area contributed by atoms with E-state index in [0.717, 1.165) is 78.4 Å². The molecule has 0 bridgehead atoms. The Hall–Kier alpha value is -3.36. The van der Waals surface area contributed by atoms with Gasteiger partial charge in [-0.3, -0.25) is 14.7 Å². The molecular weight excluding hydrogens is 456 g/mol. The molecular formula is C27H30N6OS. The second kappa shape index (κ2) is 10.9. The second-order valence-electron chi connectivity index (χ2n) is 8.75. The lowest BCUT2D eigenvalue weighted by Gasteiger charge is -2.35. The highest BCUT2D eigenvalue weighted by atomic mass is 32.1. The molecule has 1 amide bonds. The van der Waals surface area contributed by atoms with Crippen molar-refractivity contribution >= 4 is 33.3 Å². The molecule has 1 aliphatic rings. The molecule has 8 heteroatoms. The maximum absolute atomic E-state index is 12.3. The summed E-state index contributed by atoms with van der Waals surface area (Å²) >= 11 is 1.65. The highest BCUT2D eigenvalue weighted by Crippen LogP contribution is 2.39. The van der Waals surface area contributed by atoms with Crippen molar-refractivity contribution in [2.45, 2.75) is 19.8 Å². The van der Waals surface area contributed by atoms with E-state index in [1.165, 1.54) is 0 Å². The van der Waals surface area contributed by atoms with Crippen molar-refractivity contribution in [1.29, 1.82) is 0 Å². The maximum Gasteiger partial charge on any atom is 0.234 e. The van der Waals surface area contributed by atoms with E-state index in [2.05, 4.69) is 56.7 Å². The SMILES string of the molecule is CCCCNC(=O)CN1CCN(c2nc(-c3ccccn3)nc3scc(-c4ccccc4)c23)CC1. The van der Waals surface area contributed by atoms with E-state index >= 15 is 0 Å². The van der Waals surface area contributed by atoms with Crippen molar-refractivity contribution in [2.75, 3.05) is 44.2 Å². The van der Waals surface area contributed by atoms with Gasteiger partial charge < -0.3 is 10.2 Å². The van der Waals surface area contributed by atoms with E-state index in [1.54, 1.807) is 17.5 Å². The first-order valence-corrected chi connectivity index (χ1v) is 13.1. The van der Waals surface area contributed by atoms with Crippen LogP contribution in [0.15, 0.2) is 60.1 Å². The molecule has 0 spiro atoms. The Morgan fingerprint density at radius 2 is 1.83 bits per heavy atom. The normalized spacial score (nSPS) is 14.4. The Morgan fingerprint density at radius 3 is 2.57 bits per heavy atom. The van der Waals surface area contributed by atoms with Crippen LogP contribution in [0.5, 0.6) is 0 Å². The molecule has 1 aliphatic heterocycles. The molecule has 0 unspecified atom stereocenters. The molecule has 1 fully saturated rings. The van der Waals surface area contributed by atoms with Gasteiger partial charge in [0.1, 0.15) is 16.3 Å². The molecule has 1 N–H and O–H groups in total. The molecule has 4 heterocycles. The summed E-state index contributed by atoms with van der Waals surface area (Å²) in [5.41, 5.74) is 3.09. The predicted octanol–water partition coefficient (Wildman–Crippen LogP) is 4.46. The zero-order chi connectivity index (χ0) is 24.0. The summed E-state index contributed by atoms with van der Waals surface area (Å²) in [7, 11) is 0. The largest absolute Gasteiger partial charge is 0.355 e. The summed E-state index contributed by atoms with van der Waals surface area (Å²) in [6.45, 7) is 6.58. The van der Waals surface area contributed by atoms with Gasteiger partial charge in [0.2, 0.25) is 5.91 Å². The third kappa shape index (κ3) is 5.33. The van der Waals surface area contributed by atoms with Crippen LogP contribution in [0.3, 0.4) is 0 Å². The van der Waals surface area contributed by atoms with Crippen molar-refractivity contribution in [2.24, 2.45) is 0 Å². The van der Waals surface area contributed by atoms with Gasteiger partial charge in [-0.25, -0.2) is 9.97 Å². The molecule has 1 aromatic carbocycles. The quantitative estimate of drug-likeness (QED) is 0.371. The number of piperazine rings is 1. The summed E-state index contributed by atoms with van der Waals surface area (Å²) in [4.78, 5) is 32.2. The van der Waals surface area contributed by atoms with Gasteiger partial charge in [0.25, 0.3) is 0 Å². The summed E-state index contributed by atoms with van der Waals surface area (Å²) in [6.07, 6.45) is 3.88. The van der Waals surface area contributed by atoms with Gasteiger partial charge >= 0.3 is 0 Å². The summed E-state index contributed by atoms with van der Waals surface area (Å²) < 4.78 is 0. The van der Waals surface area contributed by atoms with Crippen molar-refractivity contribution in [3.63, 3.8) is 0 Å². The third-order valence-electron chi connectivity index (χ3n) is 6.28. The van der Waals surface area contributed by atoms with Gasteiger partial charge in [-0.2, -0.15) is 0 Å². The minimum atomic E-state index is 0.109. The summed E-state index contributed by atoms with van der Waals surface area (Å²) in [5.74, 6) is 1.70. The van der Waals surface area contributed by atoms with Crippen LogP contribution in [0.1, 0.15) is 19.8 Å². The number of rotatable bonds is 8. The zero-order valence-electron chi connectivity index (χ0n) is 20.0. The van der Waals surface area contributed by atoms with E-state index in [-0.39, 0.29) is 5.91 Å². The number of aromatic nitrogens is 3. The lowest BCUT2D eigenvalue weighted by Crippen LogP contribution is -2.49. The molecule has 180 valence electrons. The molecule has 7 nitrogen and oxygen atoms in total. The fraction of sp³-hybridized carbons (Fsp3) is 0.333. The Morgan fingerprint density at radius 1 is 1.03 bits per heavy atom. The van der Waals surface area contributed by atoms with Crippen LogP contribution in [0.25, 0.3) is 32.9 Å². The van der Waals surface area contributed by atoms with E-state index < -0.39 is 0 Å². The van der Waals surface area contributed by atoms with Gasteiger partial charge in [-0.1, -0.05) is 49.7 Å². The van der Waals surface area contributed by atoms with Gasteiger partial charge in [0.05, 0.1) is 11.9 Å². The van der Waals surface area contributed by atoms with Gasteiger partial charge in [0.15, 0.2) is 5.82 Å². The van der Waals surface area contributed by atoms with E-state index in [9.17, 15) is 4.79 Å². The first-order chi connectivity index (χ1) is 17.2. The number of hydrogen-bond acceptors (Lipinski definition) is 7. The summed E-state index contributed by atoms with van der Waals surface area (Å²) in [6, 6.07) is 16.2. The number of benzene rings is 1. The lowest BCUT2D eigenvalue weighted by atomic mass is 10.1. The molecule has 5 rings (SSSR count). The van der Waals surface area contributed by atoms with Crippen LogP contribution in [-0.4, -0.2) is 65.0 Å². The van der Waals surface area contributed by atoms with Gasteiger partial charge in [-0.15, -0.1) is 11.3 Å². The van der Waals surface area contributed by atoms with E-state index in [4.69, 9.17) is 9.97 Å². The van der Waals surface area contributed by atoms with Crippen molar-refractivity contribution < 1.29 is 4.79 Å². The number of nitrogens with one attached hydrogen (secondary N) is 1. The molecule has 0 aliphatic carbocycles. The topological polar surface area (TPSA) is 74.2 Å². The number of hydrogen-bond donors (Lipinski definition) is 1. The molecule has 0 radical (unpaired) electrons. The number of carbonyl (C=O) groups excluding carboxylic acids is 1. The Labute approximate surface area is 209 Å². The monoisotopic (exact) mass is 486 g/mol. The molecule has 0 saturated carbocycles. The van der Waals surface area contributed by atoms with Crippen LogP contribution in [0.4, 0.5) is 5.82 Å². The zero-order valence-corrected chi connectivity index (χ0v) is 20.8. The van der Waals surface area contributed by atoms with Crippen LogP contribution < -0.4 is 10.2 Å². The van der Waals surface area contributed by atoms with E-state index in [1.807, 2.05) is 24.3 Å². The first-order valence-electron chi connectivity index (χ1n) is 12.2. The van der Waals surface area contributed by atoms with Crippen LogP contribution in [0.2, 0.25) is 0 Å². The minimum Gasteiger partial charge on any atom is -0.355 e. The van der Waals surface area contributed by atoms with Crippen LogP contribution >= 0.6 is 11.3 Å². The second-order valence-corrected chi connectivity index (χ2v) is 9.61. The molecule has 3 aromatic heterocycles. The number of thiophene rings is 1. The van der Waals surface area contributed by atoms with Gasteiger partial charge in [0, 0.05) is 49.9 Å². The summed E-state index contributed by atoms with van der Waals surface area (Å²) in [5, 5.41) is 6.29. The first kappa shape index (κ1) is 23.4. The minimum absolute atomic E-state index is 0.109. The molecule has 0 atom stereocenters. The molecule has 4 aromatic rings. The molecule has 35 heavy (non-hydrogen) atoms. The smallest absolute Gasteiger partial charge is 0.234 e. The highest BCUT2D eigenvalue weighted by Gasteiger charge is 2.25. The highest BCUT2D eigenvalue weighted by molar-refractivity contribution is 7.17. The maximum atomic E-state index is 12.3. The average molecular weight is 487 g/mol. The number of carbonyl (C=O) groups is 1. The predicted molar refractivity (Wildman–Crippen MR) is 143 cm³/mol. The van der Waals surface area contributed by atoms with Crippen molar-refractivity contribution in [3.8, 4) is 22.6 Å². The third-order valence-corrected chi connectivity index (χ3v) is 7.16. The number of unbranched alkanes of at least 4 members (excludes halogenated alkanes) is 1. The number of anilines is 1. The van der Waals surface area contributed by atoms with E-state index in [0.29, 0.717) is 12.4 Å². The fourth-order valence-electron chi connectivity index (χ4n) is 4.37. The Bertz CT molecular complexity index is 1270. The average Bonchev–Trinajstić information content (AvgIpc) is 3.34.